The van der Waals surface area contributed by atoms with Crippen molar-refractivity contribution in [2.75, 3.05) is 13.2 Å². The Bertz CT molecular complexity index is 161. The maximum Gasteiger partial charge on any atom is 0.0730 e. The molecule has 1 rings (SSSR count). The van der Waals surface area contributed by atoms with Gasteiger partial charge in [0.2, 0.25) is 0 Å². The summed E-state index contributed by atoms with van der Waals surface area (Å²) in [7, 11) is 0. The highest BCUT2D eigenvalue weighted by Gasteiger charge is 2.29. The van der Waals surface area contributed by atoms with E-state index in [4.69, 9.17) is 4.74 Å². The van der Waals surface area contributed by atoms with Crippen molar-refractivity contribution >= 4 is 0 Å². The Labute approximate surface area is 94.8 Å². The summed E-state index contributed by atoms with van der Waals surface area (Å²) in [5, 5.41) is 3.56. The summed E-state index contributed by atoms with van der Waals surface area (Å²) in [5.41, 5.74) is 0. The van der Waals surface area contributed by atoms with E-state index in [0.717, 1.165) is 19.1 Å². The standard InChI is InChI=1S/C13H27NO/c1-4-7-11-8-9-12(14-5-2)13(10-11)15-6-3/h11-14H,4-10H2,1-3H3. The zero-order valence-electron chi connectivity index (χ0n) is 10.6. The molecule has 2 heteroatoms. The molecule has 1 aliphatic rings. The van der Waals surface area contributed by atoms with Crippen molar-refractivity contribution in [3.63, 3.8) is 0 Å². The highest BCUT2D eigenvalue weighted by molar-refractivity contribution is 4.85. The molecule has 0 spiro atoms. The van der Waals surface area contributed by atoms with E-state index in [2.05, 4.69) is 26.1 Å². The molecule has 0 amide bonds. The second-order valence-corrected chi connectivity index (χ2v) is 4.63. The minimum atomic E-state index is 0.459. The normalized spacial score (nSPS) is 31.8. The average Bonchev–Trinajstić information content (AvgIpc) is 2.23. The second-order valence-electron chi connectivity index (χ2n) is 4.63. The summed E-state index contributed by atoms with van der Waals surface area (Å²) >= 11 is 0. The first-order chi connectivity index (χ1) is 7.31. The summed E-state index contributed by atoms with van der Waals surface area (Å²) in [6, 6.07) is 0.600. The minimum Gasteiger partial charge on any atom is -0.377 e. The van der Waals surface area contributed by atoms with Gasteiger partial charge in [0.05, 0.1) is 6.10 Å². The van der Waals surface area contributed by atoms with Gasteiger partial charge < -0.3 is 10.1 Å². The van der Waals surface area contributed by atoms with Crippen LogP contribution in [0.4, 0.5) is 0 Å². The van der Waals surface area contributed by atoms with Crippen LogP contribution in [0.1, 0.15) is 52.9 Å². The second kappa shape index (κ2) is 7.24. The number of nitrogens with one attached hydrogen (secondary N) is 1. The minimum absolute atomic E-state index is 0.459. The van der Waals surface area contributed by atoms with E-state index in [-0.39, 0.29) is 0 Å². The van der Waals surface area contributed by atoms with Crippen molar-refractivity contribution in [1.29, 1.82) is 0 Å². The molecule has 3 unspecified atom stereocenters. The SMILES string of the molecule is CCCC1CCC(NCC)C(OCC)C1. The van der Waals surface area contributed by atoms with Gasteiger partial charge in [-0.25, -0.2) is 0 Å². The van der Waals surface area contributed by atoms with Crippen LogP contribution in [0, 0.1) is 5.92 Å². The Hall–Kier alpha value is -0.0800. The zero-order valence-corrected chi connectivity index (χ0v) is 10.6. The molecular formula is C13H27NO. The van der Waals surface area contributed by atoms with Crippen molar-refractivity contribution in [3.05, 3.63) is 0 Å². The topological polar surface area (TPSA) is 21.3 Å². The van der Waals surface area contributed by atoms with Crippen LogP contribution in [0.2, 0.25) is 0 Å². The molecule has 0 aromatic carbocycles. The molecule has 0 aromatic rings. The Kier molecular flexibility index (Phi) is 6.26. The van der Waals surface area contributed by atoms with Gasteiger partial charge >= 0.3 is 0 Å². The van der Waals surface area contributed by atoms with E-state index in [1.54, 1.807) is 0 Å². The summed E-state index contributed by atoms with van der Waals surface area (Å²) < 4.78 is 5.86. The molecule has 0 aliphatic heterocycles. The van der Waals surface area contributed by atoms with Gasteiger partial charge in [-0.3, -0.25) is 0 Å². The van der Waals surface area contributed by atoms with Gasteiger partial charge in [-0.15, -0.1) is 0 Å². The van der Waals surface area contributed by atoms with Crippen LogP contribution in [-0.2, 0) is 4.74 Å². The third-order valence-electron chi connectivity index (χ3n) is 3.44. The molecule has 0 bridgehead atoms. The molecule has 1 saturated carbocycles. The third-order valence-corrected chi connectivity index (χ3v) is 3.44. The van der Waals surface area contributed by atoms with Crippen molar-refractivity contribution in [2.45, 2.75) is 65.0 Å². The van der Waals surface area contributed by atoms with Crippen molar-refractivity contribution in [1.82, 2.24) is 5.32 Å². The van der Waals surface area contributed by atoms with Gasteiger partial charge in [0, 0.05) is 12.6 Å². The zero-order chi connectivity index (χ0) is 11.1. The number of rotatable bonds is 6. The largest absolute Gasteiger partial charge is 0.377 e. The molecule has 0 aromatic heterocycles. The van der Waals surface area contributed by atoms with Crippen LogP contribution in [0.5, 0.6) is 0 Å². The van der Waals surface area contributed by atoms with Gasteiger partial charge in [-0.05, 0) is 38.6 Å². The van der Waals surface area contributed by atoms with Gasteiger partial charge in [0.25, 0.3) is 0 Å². The first-order valence-electron chi connectivity index (χ1n) is 6.66. The van der Waals surface area contributed by atoms with E-state index in [1.807, 2.05) is 0 Å². The first-order valence-corrected chi connectivity index (χ1v) is 6.66. The Morgan fingerprint density at radius 2 is 2.00 bits per heavy atom. The number of likely N-dealkylation sites (N-methyl/N-ethyl adjacent to an activating group) is 1. The molecular weight excluding hydrogens is 186 g/mol. The van der Waals surface area contributed by atoms with E-state index >= 15 is 0 Å². The molecule has 3 atom stereocenters. The fraction of sp³-hybridized carbons (Fsp3) is 1.00. The number of hydrogen-bond donors (Lipinski definition) is 1. The molecule has 0 radical (unpaired) electrons. The van der Waals surface area contributed by atoms with Gasteiger partial charge in [0.1, 0.15) is 0 Å². The highest BCUT2D eigenvalue weighted by Crippen LogP contribution is 2.29. The van der Waals surface area contributed by atoms with E-state index < -0.39 is 0 Å². The maximum absolute atomic E-state index is 5.86. The van der Waals surface area contributed by atoms with Crippen molar-refractivity contribution < 1.29 is 4.74 Å². The monoisotopic (exact) mass is 213 g/mol. The number of ether oxygens (including phenoxy) is 1. The van der Waals surface area contributed by atoms with Crippen LogP contribution < -0.4 is 5.32 Å². The third kappa shape index (κ3) is 4.12. The van der Waals surface area contributed by atoms with Crippen molar-refractivity contribution in [2.24, 2.45) is 5.92 Å². The summed E-state index contributed by atoms with van der Waals surface area (Å²) in [6.45, 7) is 8.48. The summed E-state index contributed by atoms with van der Waals surface area (Å²) in [6.07, 6.45) is 7.09. The lowest BCUT2D eigenvalue weighted by Crippen LogP contribution is -2.45. The van der Waals surface area contributed by atoms with E-state index in [0.29, 0.717) is 12.1 Å². The van der Waals surface area contributed by atoms with Crippen LogP contribution in [0.3, 0.4) is 0 Å². The fourth-order valence-electron chi connectivity index (χ4n) is 2.78. The van der Waals surface area contributed by atoms with Gasteiger partial charge in [-0.1, -0.05) is 26.7 Å². The van der Waals surface area contributed by atoms with E-state index in [9.17, 15) is 0 Å². The molecule has 0 saturated heterocycles. The Morgan fingerprint density at radius 1 is 1.20 bits per heavy atom. The van der Waals surface area contributed by atoms with Crippen LogP contribution in [-0.4, -0.2) is 25.3 Å². The highest BCUT2D eigenvalue weighted by atomic mass is 16.5. The van der Waals surface area contributed by atoms with E-state index in [1.165, 1.54) is 32.1 Å². The summed E-state index contributed by atoms with van der Waals surface area (Å²) in [4.78, 5) is 0. The maximum atomic E-state index is 5.86. The summed E-state index contributed by atoms with van der Waals surface area (Å²) in [5.74, 6) is 0.904. The predicted octanol–water partition coefficient (Wildman–Crippen LogP) is 2.97. The Balaban J connectivity index is 2.41. The van der Waals surface area contributed by atoms with Gasteiger partial charge in [-0.2, -0.15) is 0 Å². The smallest absolute Gasteiger partial charge is 0.0730 e. The lowest BCUT2D eigenvalue weighted by molar-refractivity contribution is -0.00442. The molecule has 2 nitrogen and oxygen atoms in total. The molecule has 0 heterocycles. The lowest BCUT2D eigenvalue weighted by Gasteiger charge is -2.36. The van der Waals surface area contributed by atoms with Crippen LogP contribution in [0.15, 0.2) is 0 Å². The van der Waals surface area contributed by atoms with Crippen LogP contribution >= 0.6 is 0 Å². The predicted molar refractivity (Wildman–Crippen MR) is 65.1 cm³/mol. The van der Waals surface area contributed by atoms with Crippen LogP contribution in [0.25, 0.3) is 0 Å². The first kappa shape index (κ1) is 13.0. The molecule has 90 valence electrons. The number of hydrogen-bond acceptors (Lipinski definition) is 2. The quantitative estimate of drug-likeness (QED) is 0.732. The lowest BCUT2D eigenvalue weighted by atomic mass is 9.81. The van der Waals surface area contributed by atoms with Gasteiger partial charge in [0.15, 0.2) is 0 Å². The molecule has 15 heavy (non-hydrogen) atoms. The molecule has 1 N–H and O–H groups in total. The fourth-order valence-corrected chi connectivity index (χ4v) is 2.78. The molecule has 1 fully saturated rings. The molecule has 1 aliphatic carbocycles. The average molecular weight is 213 g/mol. The Morgan fingerprint density at radius 3 is 2.60 bits per heavy atom. The van der Waals surface area contributed by atoms with Crippen molar-refractivity contribution in [3.8, 4) is 0 Å².